The predicted octanol–water partition coefficient (Wildman–Crippen LogP) is 3.37. The van der Waals surface area contributed by atoms with Crippen LogP contribution >= 0.6 is 15.9 Å². The number of phenols is 1. The van der Waals surface area contributed by atoms with Gasteiger partial charge in [-0.25, -0.2) is 4.39 Å². The second-order valence-corrected chi connectivity index (χ2v) is 4.86. The highest BCUT2D eigenvalue weighted by Gasteiger charge is 2.14. The molecule has 0 aliphatic rings. The van der Waals surface area contributed by atoms with E-state index in [2.05, 4.69) is 21.2 Å². The Kier molecular flexibility index (Phi) is 3.90. The Morgan fingerprint density at radius 2 is 2.21 bits per heavy atom. The third-order valence-corrected chi connectivity index (χ3v) is 3.07. The number of anilines is 1. The molecule has 1 aromatic heterocycles. The molecule has 0 fully saturated rings. The van der Waals surface area contributed by atoms with E-state index in [9.17, 15) is 9.18 Å². The summed E-state index contributed by atoms with van der Waals surface area (Å²) in [5.41, 5.74) is 0.463. The molecule has 100 valence electrons. The maximum absolute atomic E-state index is 13.5. The van der Waals surface area contributed by atoms with Crippen LogP contribution in [0.25, 0.3) is 0 Å². The van der Waals surface area contributed by atoms with Crippen LogP contribution in [0, 0.1) is 5.82 Å². The first-order valence-electron chi connectivity index (χ1n) is 5.66. The van der Waals surface area contributed by atoms with Crippen molar-refractivity contribution in [2.45, 2.75) is 13.5 Å². The van der Waals surface area contributed by atoms with Crippen molar-refractivity contribution in [2.75, 3.05) is 5.32 Å². The Hall–Kier alpha value is -1.82. The number of benzene rings is 1. The second-order valence-electron chi connectivity index (χ2n) is 3.95. The van der Waals surface area contributed by atoms with Crippen molar-refractivity contribution in [2.24, 2.45) is 0 Å². The minimum atomic E-state index is -0.679. The molecular formula is C13H12BrFN2O2. The van der Waals surface area contributed by atoms with Crippen LogP contribution in [0.15, 0.2) is 34.9 Å². The fourth-order valence-corrected chi connectivity index (χ4v) is 2.18. The molecular weight excluding hydrogens is 315 g/mol. The fourth-order valence-electron chi connectivity index (χ4n) is 1.72. The van der Waals surface area contributed by atoms with Gasteiger partial charge in [0.2, 0.25) is 0 Å². The highest BCUT2D eigenvalue weighted by molar-refractivity contribution is 9.10. The van der Waals surface area contributed by atoms with E-state index < -0.39 is 11.7 Å². The highest BCUT2D eigenvalue weighted by Crippen LogP contribution is 2.21. The smallest absolute Gasteiger partial charge is 0.272 e. The zero-order valence-electron chi connectivity index (χ0n) is 10.2. The Morgan fingerprint density at radius 3 is 2.84 bits per heavy atom. The number of nitrogens with one attached hydrogen (secondary N) is 1. The zero-order valence-corrected chi connectivity index (χ0v) is 11.7. The van der Waals surface area contributed by atoms with Gasteiger partial charge in [0.25, 0.3) is 5.91 Å². The summed E-state index contributed by atoms with van der Waals surface area (Å²) >= 11 is 3.29. The molecule has 4 nitrogen and oxygen atoms in total. The fraction of sp³-hybridized carbons (Fsp3) is 0.154. The van der Waals surface area contributed by atoms with E-state index >= 15 is 0 Å². The average molecular weight is 327 g/mol. The number of carbonyl (C=O) groups excluding carboxylic acids is 1. The average Bonchev–Trinajstić information content (AvgIpc) is 2.74. The largest absolute Gasteiger partial charge is 0.508 e. The van der Waals surface area contributed by atoms with Gasteiger partial charge in [-0.15, -0.1) is 0 Å². The lowest BCUT2D eigenvalue weighted by atomic mass is 10.2. The molecule has 0 aliphatic heterocycles. The van der Waals surface area contributed by atoms with E-state index in [1.165, 1.54) is 12.1 Å². The van der Waals surface area contributed by atoms with Crippen LogP contribution in [0.1, 0.15) is 17.4 Å². The SMILES string of the molecule is CCn1cc(Br)cc1C(=O)Nc1ccc(O)cc1F. The lowest BCUT2D eigenvalue weighted by Crippen LogP contribution is -2.17. The van der Waals surface area contributed by atoms with Crippen LogP contribution in [-0.2, 0) is 6.54 Å². The van der Waals surface area contributed by atoms with E-state index in [0.29, 0.717) is 12.2 Å². The minimum Gasteiger partial charge on any atom is -0.508 e. The van der Waals surface area contributed by atoms with Gasteiger partial charge in [0, 0.05) is 23.3 Å². The molecule has 19 heavy (non-hydrogen) atoms. The zero-order chi connectivity index (χ0) is 14.0. The Labute approximate surface area is 118 Å². The van der Waals surface area contributed by atoms with Crippen molar-refractivity contribution in [1.29, 1.82) is 0 Å². The van der Waals surface area contributed by atoms with Gasteiger partial charge in [-0.2, -0.15) is 0 Å². The molecule has 1 amide bonds. The predicted molar refractivity (Wildman–Crippen MR) is 73.8 cm³/mol. The van der Waals surface area contributed by atoms with Crippen LogP contribution in [0.5, 0.6) is 5.75 Å². The molecule has 0 bridgehead atoms. The Bertz CT molecular complexity index is 625. The van der Waals surface area contributed by atoms with Crippen molar-refractivity contribution < 1.29 is 14.3 Å². The maximum Gasteiger partial charge on any atom is 0.272 e. The van der Waals surface area contributed by atoms with Gasteiger partial charge in [0.15, 0.2) is 0 Å². The molecule has 1 aromatic carbocycles. The van der Waals surface area contributed by atoms with Gasteiger partial charge < -0.3 is 15.0 Å². The summed E-state index contributed by atoms with van der Waals surface area (Å²) in [6, 6.07) is 5.24. The van der Waals surface area contributed by atoms with Crippen molar-refractivity contribution in [3.8, 4) is 5.75 Å². The molecule has 2 aromatic rings. The number of hydrogen-bond acceptors (Lipinski definition) is 2. The summed E-state index contributed by atoms with van der Waals surface area (Å²) in [5.74, 6) is -1.27. The summed E-state index contributed by atoms with van der Waals surface area (Å²) in [4.78, 5) is 12.1. The van der Waals surface area contributed by atoms with Gasteiger partial charge >= 0.3 is 0 Å². The maximum atomic E-state index is 13.5. The second kappa shape index (κ2) is 5.44. The quantitative estimate of drug-likeness (QED) is 0.850. The summed E-state index contributed by atoms with van der Waals surface area (Å²) in [6.45, 7) is 2.54. The van der Waals surface area contributed by atoms with E-state index in [0.717, 1.165) is 10.5 Å². The number of phenolic OH excluding ortho intramolecular Hbond substituents is 1. The van der Waals surface area contributed by atoms with Crippen LogP contribution in [-0.4, -0.2) is 15.6 Å². The standard InChI is InChI=1S/C13H12BrFN2O2/c1-2-17-7-8(14)5-12(17)13(19)16-11-4-3-9(18)6-10(11)15/h3-7,18H,2H2,1H3,(H,16,19). The van der Waals surface area contributed by atoms with Crippen molar-refractivity contribution in [1.82, 2.24) is 4.57 Å². The Morgan fingerprint density at radius 1 is 1.47 bits per heavy atom. The molecule has 1 heterocycles. The number of aryl methyl sites for hydroxylation is 1. The normalized spacial score (nSPS) is 10.5. The number of carbonyl (C=O) groups is 1. The molecule has 0 saturated heterocycles. The number of hydrogen-bond donors (Lipinski definition) is 2. The van der Waals surface area contributed by atoms with Crippen molar-refractivity contribution in [3.05, 3.63) is 46.4 Å². The van der Waals surface area contributed by atoms with E-state index in [4.69, 9.17) is 5.11 Å². The highest BCUT2D eigenvalue weighted by atomic mass is 79.9. The molecule has 2 rings (SSSR count). The summed E-state index contributed by atoms with van der Waals surface area (Å²) in [6.07, 6.45) is 1.78. The van der Waals surface area contributed by atoms with Crippen LogP contribution in [0.3, 0.4) is 0 Å². The first-order chi connectivity index (χ1) is 9.01. The van der Waals surface area contributed by atoms with Crippen molar-refractivity contribution >= 4 is 27.5 Å². The first-order valence-corrected chi connectivity index (χ1v) is 6.46. The lowest BCUT2D eigenvalue weighted by Gasteiger charge is -2.08. The lowest BCUT2D eigenvalue weighted by molar-refractivity contribution is 0.101. The van der Waals surface area contributed by atoms with E-state index in [1.807, 2.05) is 6.92 Å². The molecule has 0 atom stereocenters. The van der Waals surface area contributed by atoms with E-state index in [-0.39, 0.29) is 11.4 Å². The van der Waals surface area contributed by atoms with Gasteiger partial charge in [-0.1, -0.05) is 0 Å². The number of amides is 1. The van der Waals surface area contributed by atoms with Gasteiger partial charge in [-0.3, -0.25) is 4.79 Å². The van der Waals surface area contributed by atoms with Crippen molar-refractivity contribution in [3.63, 3.8) is 0 Å². The number of rotatable bonds is 3. The summed E-state index contributed by atoms with van der Waals surface area (Å²) in [7, 11) is 0. The molecule has 2 N–H and O–H groups in total. The van der Waals surface area contributed by atoms with Crippen LogP contribution < -0.4 is 5.32 Å². The molecule has 0 aliphatic carbocycles. The number of nitrogens with zero attached hydrogens (tertiary/aromatic N) is 1. The van der Waals surface area contributed by atoms with Gasteiger partial charge in [-0.05, 0) is 41.1 Å². The third-order valence-electron chi connectivity index (χ3n) is 2.64. The topological polar surface area (TPSA) is 54.3 Å². The summed E-state index contributed by atoms with van der Waals surface area (Å²) < 4.78 is 16.1. The van der Waals surface area contributed by atoms with Gasteiger partial charge in [0.1, 0.15) is 17.3 Å². The first kappa shape index (κ1) is 13.6. The third kappa shape index (κ3) is 2.96. The van der Waals surface area contributed by atoms with Crippen LogP contribution in [0.2, 0.25) is 0 Å². The molecule has 6 heteroatoms. The van der Waals surface area contributed by atoms with Crippen LogP contribution in [0.4, 0.5) is 10.1 Å². The molecule has 0 spiro atoms. The van der Waals surface area contributed by atoms with Gasteiger partial charge in [0.05, 0.1) is 5.69 Å². The summed E-state index contributed by atoms with van der Waals surface area (Å²) in [5, 5.41) is 11.6. The molecule has 0 unspecified atom stereocenters. The minimum absolute atomic E-state index is 0.0303. The number of halogens is 2. The monoisotopic (exact) mass is 326 g/mol. The number of aromatic hydroxyl groups is 1. The molecule has 0 saturated carbocycles. The Balaban J connectivity index is 2.25. The number of aromatic nitrogens is 1. The molecule has 0 radical (unpaired) electrons. The van der Waals surface area contributed by atoms with E-state index in [1.54, 1.807) is 16.8 Å².